The van der Waals surface area contributed by atoms with Crippen LogP contribution >= 0.6 is 11.3 Å². The van der Waals surface area contributed by atoms with Gasteiger partial charge in [-0.25, -0.2) is 9.97 Å². The van der Waals surface area contributed by atoms with Gasteiger partial charge in [0, 0.05) is 10.9 Å². The summed E-state index contributed by atoms with van der Waals surface area (Å²) in [5.74, 6) is 1.04. The lowest BCUT2D eigenvalue weighted by atomic mass is 10.2. The van der Waals surface area contributed by atoms with E-state index < -0.39 is 0 Å². The zero-order chi connectivity index (χ0) is 15.5. The van der Waals surface area contributed by atoms with Gasteiger partial charge in [-0.15, -0.1) is 11.3 Å². The van der Waals surface area contributed by atoms with Crippen molar-refractivity contribution in [3.8, 4) is 10.6 Å². The van der Waals surface area contributed by atoms with Gasteiger partial charge in [-0.3, -0.25) is 4.79 Å². The van der Waals surface area contributed by atoms with E-state index in [1.807, 2.05) is 44.2 Å². The van der Waals surface area contributed by atoms with Crippen molar-refractivity contribution in [3.63, 3.8) is 0 Å². The summed E-state index contributed by atoms with van der Waals surface area (Å²) in [5, 5.41) is 5.35. The van der Waals surface area contributed by atoms with Crippen LogP contribution in [0.15, 0.2) is 40.1 Å². The van der Waals surface area contributed by atoms with Crippen molar-refractivity contribution in [1.82, 2.24) is 15.3 Å². The Balaban J connectivity index is 1.67. The predicted molar refractivity (Wildman–Crippen MR) is 84.7 cm³/mol. The third kappa shape index (κ3) is 3.07. The van der Waals surface area contributed by atoms with E-state index in [0.717, 1.165) is 22.0 Å². The average Bonchev–Trinajstić information content (AvgIpc) is 3.14. The first-order chi connectivity index (χ1) is 10.6. The van der Waals surface area contributed by atoms with Crippen molar-refractivity contribution in [2.24, 2.45) is 0 Å². The van der Waals surface area contributed by atoms with Crippen LogP contribution < -0.4 is 5.32 Å². The minimum Gasteiger partial charge on any atom is -0.444 e. The average molecular weight is 313 g/mol. The second kappa shape index (κ2) is 6.11. The monoisotopic (exact) mass is 313 g/mol. The van der Waals surface area contributed by atoms with Crippen LogP contribution in [0.4, 0.5) is 0 Å². The molecule has 2 heterocycles. The first-order valence-electron chi connectivity index (χ1n) is 6.85. The highest BCUT2D eigenvalue weighted by atomic mass is 32.1. The molecule has 5 nitrogen and oxygen atoms in total. The highest BCUT2D eigenvalue weighted by molar-refractivity contribution is 7.13. The van der Waals surface area contributed by atoms with Crippen molar-refractivity contribution in [1.29, 1.82) is 0 Å². The molecule has 0 unspecified atom stereocenters. The Kier molecular flexibility index (Phi) is 4.02. The molecule has 3 rings (SSSR count). The number of carbonyl (C=O) groups excluding carboxylic acids is 1. The van der Waals surface area contributed by atoms with Crippen LogP contribution in [-0.4, -0.2) is 15.9 Å². The Morgan fingerprint density at radius 1 is 1.23 bits per heavy atom. The molecule has 22 heavy (non-hydrogen) atoms. The molecule has 0 saturated heterocycles. The lowest BCUT2D eigenvalue weighted by Gasteiger charge is -1.99. The fourth-order valence-electron chi connectivity index (χ4n) is 1.95. The minimum atomic E-state index is -0.230. The fourth-order valence-corrected chi connectivity index (χ4v) is 2.76. The number of hydrogen-bond acceptors (Lipinski definition) is 5. The van der Waals surface area contributed by atoms with Crippen LogP contribution in [-0.2, 0) is 6.54 Å². The highest BCUT2D eigenvalue weighted by Gasteiger charge is 2.13. The van der Waals surface area contributed by atoms with E-state index in [9.17, 15) is 4.79 Å². The minimum absolute atomic E-state index is 0.230. The number of carbonyl (C=O) groups is 1. The molecule has 6 heteroatoms. The van der Waals surface area contributed by atoms with Gasteiger partial charge in [0.15, 0.2) is 0 Å². The van der Waals surface area contributed by atoms with Crippen LogP contribution in [0, 0.1) is 13.8 Å². The lowest BCUT2D eigenvalue weighted by Crippen LogP contribution is -2.23. The standard InChI is InChI=1S/C16H15N3O2S/c1-10-11(2)21-14(18-10)8-17-15(20)13-9-22-16(19-13)12-6-4-3-5-7-12/h3-7,9H,8H2,1-2H3,(H,17,20). The molecule has 0 atom stereocenters. The molecule has 1 aromatic carbocycles. The Bertz CT molecular complexity index is 773. The molecule has 1 amide bonds. The van der Waals surface area contributed by atoms with Crippen LogP contribution in [0.3, 0.4) is 0 Å². The number of oxazole rings is 1. The molecule has 112 valence electrons. The quantitative estimate of drug-likeness (QED) is 0.802. The van der Waals surface area contributed by atoms with E-state index in [2.05, 4.69) is 15.3 Å². The molecular formula is C16H15N3O2S. The summed E-state index contributed by atoms with van der Waals surface area (Å²) in [4.78, 5) is 20.7. The van der Waals surface area contributed by atoms with Gasteiger partial charge in [0.2, 0.25) is 5.89 Å². The van der Waals surface area contributed by atoms with Crippen molar-refractivity contribution in [3.05, 3.63) is 58.8 Å². The molecule has 3 aromatic rings. The number of benzene rings is 1. The Labute approximate surface area is 132 Å². The summed E-state index contributed by atoms with van der Waals surface area (Å²) in [5.41, 5.74) is 2.25. The summed E-state index contributed by atoms with van der Waals surface area (Å²) >= 11 is 1.45. The smallest absolute Gasteiger partial charge is 0.271 e. The Morgan fingerprint density at radius 2 is 2.00 bits per heavy atom. The molecule has 0 aliphatic rings. The number of aromatic nitrogens is 2. The Morgan fingerprint density at radius 3 is 2.68 bits per heavy atom. The maximum absolute atomic E-state index is 12.1. The number of rotatable bonds is 4. The second-order valence-corrected chi connectivity index (χ2v) is 5.69. The predicted octanol–water partition coefficient (Wildman–Crippen LogP) is 3.34. The molecule has 0 spiro atoms. The Hall–Kier alpha value is -2.47. The van der Waals surface area contributed by atoms with Gasteiger partial charge in [0.25, 0.3) is 5.91 Å². The van der Waals surface area contributed by atoms with Crippen LogP contribution in [0.2, 0.25) is 0 Å². The van der Waals surface area contributed by atoms with Gasteiger partial charge in [0.1, 0.15) is 16.5 Å². The molecule has 0 aliphatic carbocycles. The van der Waals surface area contributed by atoms with Crippen molar-refractivity contribution in [2.75, 3.05) is 0 Å². The SMILES string of the molecule is Cc1nc(CNC(=O)c2csc(-c3ccccc3)n2)oc1C. The van der Waals surface area contributed by atoms with Crippen LogP contribution in [0.1, 0.15) is 27.8 Å². The molecule has 0 bridgehead atoms. The van der Waals surface area contributed by atoms with E-state index in [4.69, 9.17) is 4.42 Å². The summed E-state index contributed by atoms with van der Waals surface area (Å²) in [6.07, 6.45) is 0. The lowest BCUT2D eigenvalue weighted by molar-refractivity contribution is 0.0943. The number of hydrogen-bond donors (Lipinski definition) is 1. The number of nitrogens with zero attached hydrogens (tertiary/aromatic N) is 2. The van der Waals surface area contributed by atoms with Gasteiger partial charge < -0.3 is 9.73 Å². The van der Waals surface area contributed by atoms with Crippen LogP contribution in [0.5, 0.6) is 0 Å². The van der Waals surface area contributed by atoms with Gasteiger partial charge >= 0.3 is 0 Å². The number of nitrogens with one attached hydrogen (secondary N) is 1. The second-order valence-electron chi connectivity index (χ2n) is 4.84. The van der Waals surface area contributed by atoms with Crippen molar-refractivity contribution < 1.29 is 9.21 Å². The number of amides is 1. The number of aryl methyl sites for hydroxylation is 2. The molecular weight excluding hydrogens is 298 g/mol. The molecule has 0 aliphatic heterocycles. The van der Waals surface area contributed by atoms with Gasteiger partial charge in [-0.05, 0) is 13.8 Å². The summed E-state index contributed by atoms with van der Waals surface area (Å²) in [6.45, 7) is 3.97. The largest absolute Gasteiger partial charge is 0.444 e. The molecule has 1 N–H and O–H groups in total. The zero-order valence-electron chi connectivity index (χ0n) is 12.3. The zero-order valence-corrected chi connectivity index (χ0v) is 13.1. The summed E-state index contributed by atoms with van der Waals surface area (Å²) in [7, 11) is 0. The first kappa shape index (κ1) is 14.5. The summed E-state index contributed by atoms with van der Waals surface area (Å²) in [6, 6.07) is 9.79. The maximum Gasteiger partial charge on any atom is 0.271 e. The molecule has 0 fully saturated rings. The molecule has 0 saturated carbocycles. The third-order valence-corrected chi connectivity index (χ3v) is 4.12. The molecule has 0 radical (unpaired) electrons. The molecule has 2 aromatic heterocycles. The van der Waals surface area contributed by atoms with E-state index in [-0.39, 0.29) is 12.5 Å². The number of thiazole rings is 1. The summed E-state index contributed by atoms with van der Waals surface area (Å²) < 4.78 is 5.43. The normalized spacial score (nSPS) is 10.6. The van der Waals surface area contributed by atoms with Crippen molar-refractivity contribution >= 4 is 17.2 Å². The van der Waals surface area contributed by atoms with Gasteiger partial charge in [-0.2, -0.15) is 0 Å². The van der Waals surface area contributed by atoms with Crippen molar-refractivity contribution in [2.45, 2.75) is 20.4 Å². The topological polar surface area (TPSA) is 68.0 Å². The van der Waals surface area contributed by atoms with E-state index in [0.29, 0.717) is 11.6 Å². The fraction of sp³-hybridized carbons (Fsp3) is 0.188. The van der Waals surface area contributed by atoms with Gasteiger partial charge in [0.05, 0.1) is 12.2 Å². The third-order valence-electron chi connectivity index (χ3n) is 3.23. The maximum atomic E-state index is 12.1. The van der Waals surface area contributed by atoms with Gasteiger partial charge in [-0.1, -0.05) is 30.3 Å². The van der Waals surface area contributed by atoms with E-state index in [1.54, 1.807) is 5.38 Å². The van der Waals surface area contributed by atoms with Crippen LogP contribution in [0.25, 0.3) is 10.6 Å². The van der Waals surface area contributed by atoms with E-state index >= 15 is 0 Å². The first-order valence-corrected chi connectivity index (χ1v) is 7.73. The van der Waals surface area contributed by atoms with E-state index in [1.165, 1.54) is 11.3 Å². The highest BCUT2D eigenvalue weighted by Crippen LogP contribution is 2.23.